The Bertz CT molecular complexity index is 843. The average Bonchev–Trinajstić information content (AvgIpc) is 2.59. The quantitative estimate of drug-likeness (QED) is 0.343. The molecular weight excluding hydrogens is 363 g/mol. The first-order chi connectivity index (χ1) is 12.2. The van der Waals surface area contributed by atoms with Gasteiger partial charge >= 0.3 is 6.18 Å². The summed E-state index contributed by atoms with van der Waals surface area (Å²) in [6.07, 6.45) is -1.34. The van der Waals surface area contributed by atoms with Gasteiger partial charge in [0.15, 0.2) is 5.78 Å². The predicted octanol–water partition coefficient (Wildman–Crippen LogP) is 5.04. The molecule has 0 aliphatic carbocycles. The molecule has 0 radical (unpaired) electrons. The molecule has 0 aliphatic rings. The SMILES string of the molecule is CSc1ccc(/C=C(\C(C)=O)C(=O)Nc2ccccc2C(F)(F)F)cc1. The molecule has 0 saturated carbocycles. The molecule has 0 atom stereocenters. The van der Waals surface area contributed by atoms with Crippen molar-refractivity contribution < 1.29 is 22.8 Å². The van der Waals surface area contributed by atoms with Gasteiger partial charge in [-0.3, -0.25) is 9.59 Å². The minimum Gasteiger partial charge on any atom is -0.321 e. The number of Topliss-reactive ketones (excluding diaryl/α,β-unsaturated/α-hetero) is 1. The van der Waals surface area contributed by atoms with Crippen molar-refractivity contribution in [3.63, 3.8) is 0 Å². The van der Waals surface area contributed by atoms with Gasteiger partial charge in [-0.1, -0.05) is 24.3 Å². The standard InChI is InChI=1S/C19H16F3NO2S/c1-12(24)15(11-13-7-9-14(26-2)10-8-13)18(25)23-17-6-4-3-5-16(17)19(20,21)22/h3-11H,1-2H3,(H,23,25)/b15-11+. The normalized spacial score (nSPS) is 12.0. The number of nitrogens with one attached hydrogen (secondary N) is 1. The van der Waals surface area contributed by atoms with Gasteiger partial charge in [0.25, 0.3) is 5.91 Å². The molecule has 0 aromatic heterocycles. The van der Waals surface area contributed by atoms with E-state index >= 15 is 0 Å². The van der Waals surface area contributed by atoms with Crippen molar-refractivity contribution in [1.82, 2.24) is 0 Å². The largest absolute Gasteiger partial charge is 0.418 e. The predicted molar refractivity (Wildman–Crippen MR) is 97.0 cm³/mol. The monoisotopic (exact) mass is 379 g/mol. The number of para-hydroxylation sites is 1. The van der Waals surface area contributed by atoms with Crippen LogP contribution in [0.4, 0.5) is 18.9 Å². The molecule has 0 spiro atoms. The minimum absolute atomic E-state index is 0.223. The fourth-order valence-corrected chi connectivity index (χ4v) is 2.63. The summed E-state index contributed by atoms with van der Waals surface area (Å²) in [6.45, 7) is 1.19. The highest BCUT2D eigenvalue weighted by Gasteiger charge is 2.33. The maximum absolute atomic E-state index is 13.0. The summed E-state index contributed by atoms with van der Waals surface area (Å²) in [5.41, 5.74) is -0.985. The number of benzene rings is 2. The number of thioether (sulfide) groups is 1. The van der Waals surface area contributed by atoms with Crippen LogP contribution >= 0.6 is 11.8 Å². The summed E-state index contributed by atoms with van der Waals surface area (Å²) in [5, 5.41) is 2.19. The van der Waals surface area contributed by atoms with E-state index in [2.05, 4.69) is 5.32 Å². The smallest absolute Gasteiger partial charge is 0.321 e. The number of ketones is 1. The second-order valence-electron chi connectivity index (χ2n) is 5.38. The summed E-state index contributed by atoms with van der Waals surface area (Å²) in [5.74, 6) is -1.43. The highest BCUT2D eigenvalue weighted by molar-refractivity contribution is 7.98. The van der Waals surface area contributed by atoms with E-state index in [0.29, 0.717) is 5.56 Å². The number of rotatable bonds is 5. The summed E-state index contributed by atoms with van der Waals surface area (Å²) >= 11 is 1.54. The van der Waals surface area contributed by atoms with Gasteiger partial charge in [-0.2, -0.15) is 13.2 Å². The first kappa shape index (κ1) is 19.8. The molecule has 3 nitrogen and oxygen atoms in total. The molecule has 0 bridgehead atoms. The number of amides is 1. The van der Waals surface area contributed by atoms with E-state index in [1.165, 1.54) is 25.1 Å². The highest BCUT2D eigenvalue weighted by atomic mass is 32.2. The molecule has 2 aromatic carbocycles. The molecule has 0 aliphatic heterocycles. The van der Waals surface area contributed by atoms with Crippen LogP contribution in [0.1, 0.15) is 18.1 Å². The molecule has 0 unspecified atom stereocenters. The summed E-state index contributed by atoms with van der Waals surface area (Å²) in [4.78, 5) is 25.2. The van der Waals surface area contributed by atoms with Crippen molar-refractivity contribution in [3.05, 3.63) is 65.2 Å². The maximum Gasteiger partial charge on any atom is 0.418 e. The van der Waals surface area contributed by atoms with Crippen LogP contribution in [-0.4, -0.2) is 17.9 Å². The molecule has 136 valence electrons. The fraction of sp³-hybridized carbons (Fsp3) is 0.158. The van der Waals surface area contributed by atoms with E-state index in [1.54, 1.807) is 23.9 Å². The Morgan fingerprint density at radius 3 is 2.19 bits per heavy atom. The van der Waals surface area contributed by atoms with Crippen LogP contribution in [0.15, 0.2) is 59.0 Å². The Morgan fingerprint density at radius 2 is 1.65 bits per heavy atom. The third-order valence-electron chi connectivity index (χ3n) is 3.53. The van der Waals surface area contributed by atoms with E-state index in [9.17, 15) is 22.8 Å². The topological polar surface area (TPSA) is 46.2 Å². The lowest BCUT2D eigenvalue weighted by Crippen LogP contribution is -2.21. The summed E-state index contributed by atoms with van der Waals surface area (Å²) in [6, 6.07) is 11.7. The van der Waals surface area contributed by atoms with Crippen LogP contribution in [0.2, 0.25) is 0 Å². The lowest BCUT2D eigenvalue weighted by atomic mass is 10.1. The molecule has 0 saturated heterocycles. The molecule has 1 amide bonds. The Balaban J connectivity index is 2.33. The van der Waals surface area contributed by atoms with Crippen LogP contribution in [0.5, 0.6) is 0 Å². The Hall–Kier alpha value is -2.54. The van der Waals surface area contributed by atoms with Crippen LogP contribution in [0.25, 0.3) is 6.08 Å². The average molecular weight is 379 g/mol. The number of carbonyl (C=O) groups excluding carboxylic acids is 2. The molecule has 0 fully saturated rings. The van der Waals surface area contributed by atoms with E-state index in [4.69, 9.17) is 0 Å². The van der Waals surface area contributed by atoms with Crippen molar-refractivity contribution in [3.8, 4) is 0 Å². The summed E-state index contributed by atoms with van der Waals surface area (Å²) in [7, 11) is 0. The fourth-order valence-electron chi connectivity index (χ4n) is 2.22. The zero-order valence-electron chi connectivity index (χ0n) is 14.1. The van der Waals surface area contributed by atoms with Gasteiger partial charge in [0, 0.05) is 4.90 Å². The summed E-state index contributed by atoms with van der Waals surface area (Å²) < 4.78 is 39.1. The molecule has 0 heterocycles. The zero-order chi connectivity index (χ0) is 19.3. The van der Waals surface area contributed by atoms with Gasteiger partial charge in [0.2, 0.25) is 0 Å². The van der Waals surface area contributed by atoms with E-state index in [1.807, 2.05) is 18.4 Å². The van der Waals surface area contributed by atoms with Crippen LogP contribution in [0.3, 0.4) is 0 Å². The van der Waals surface area contributed by atoms with Crippen LogP contribution in [0, 0.1) is 0 Å². The van der Waals surface area contributed by atoms with Crippen LogP contribution < -0.4 is 5.32 Å². The highest BCUT2D eigenvalue weighted by Crippen LogP contribution is 2.34. The molecular formula is C19H16F3NO2S. The molecule has 7 heteroatoms. The number of anilines is 1. The number of alkyl halides is 3. The Labute approximate surface area is 153 Å². The first-order valence-corrected chi connectivity index (χ1v) is 8.79. The minimum atomic E-state index is -4.61. The zero-order valence-corrected chi connectivity index (χ0v) is 14.9. The number of hydrogen-bond acceptors (Lipinski definition) is 3. The van der Waals surface area contributed by atoms with Gasteiger partial charge in [0.1, 0.15) is 0 Å². The second-order valence-corrected chi connectivity index (χ2v) is 6.26. The van der Waals surface area contributed by atoms with Crippen LogP contribution in [-0.2, 0) is 15.8 Å². The third kappa shape index (κ3) is 4.98. The van der Waals surface area contributed by atoms with Crippen molar-refractivity contribution in [1.29, 1.82) is 0 Å². The number of halogens is 3. The second kappa shape index (κ2) is 8.23. The molecule has 1 N–H and O–H groups in total. The lowest BCUT2D eigenvalue weighted by molar-refractivity contribution is -0.137. The molecule has 2 rings (SSSR count). The van der Waals surface area contributed by atoms with Gasteiger partial charge in [-0.25, -0.2) is 0 Å². The Kier molecular flexibility index (Phi) is 6.26. The van der Waals surface area contributed by atoms with Gasteiger partial charge in [-0.05, 0) is 49.1 Å². The third-order valence-corrected chi connectivity index (χ3v) is 4.27. The molecule has 2 aromatic rings. The Morgan fingerprint density at radius 1 is 1.04 bits per heavy atom. The maximum atomic E-state index is 13.0. The van der Waals surface area contributed by atoms with Crippen molar-refractivity contribution in [2.75, 3.05) is 11.6 Å². The van der Waals surface area contributed by atoms with E-state index in [-0.39, 0.29) is 5.57 Å². The van der Waals surface area contributed by atoms with Crippen molar-refractivity contribution in [2.45, 2.75) is 18.0 Å². The van der Waals surface area contributed by atoms with Gasteiger partial charge < -0.3 is 5.32 Å². The van der Waals surface area contributed by atoms with E-state index < -0.39 is 29.1 Å². The first-order valence-electron chi connectivity index (χ1n) is 7.56. The lowest BCUT2D eigenvalue weighted by Gasteiger charge is -2.14. The number of hydrogen-bond donors (Lipinski definition) is 1. The van der Waals surface area contributed by atoms with Crippen molar-refractivity contribution in [2.24, 2.45) is 0 Å². The number of carbonyl (C=O) groups is 2. The van der Waals surface area contributed by atoms with Gasteiger partial charge in [-0.15, -0.1) is 11.8 Å². The van der Waals surface area contributed by atoms with E-state index in [0.717, 1.165) is 17.0 Å². The van der Waals surface area contributed by atoms with Gasteiger partial charge in [0.05, 0.1) is 16.8 Å². The van der Waals surface area contributed by atoms with Crippen molar-refractivity contribution >= 4 is 35.2 Å². The molecule has 26 heavy (non-hydrogen) atoms.